The zero-order valence-corrected chi connectivity index (χ0v) is 19.8. The summed E-state index contributed by atoms with van der Waals surface area (Å²) in [7, 11) is 0. The van der Waals surface area contributed by atoms with E-state index in [2.05, 4.69) is 19.2 Å². The van der Waals surface area contributed by atoms with Gasteiger partial charge in [-0.25, -0.2) is 0 Å². The Morgan fingerprint density at radius 3 is 2.61 bits per heavy atom. The van der Waals surface area contributed by atoms with Crippen molar-refractivity contribution in [3.05, 3.63) is 0 Å². The summed E-state index contributed by atoms with van der Waals surface area (Å²) in [6, 6.07) is 0. The minimum Gasteiger partial charge on any atom is -0.462 e. The van der Waals surface area contributed by atoms with E-state index in [0.29, 0.717) is 55.1 Å². The van der Waals surface area contributed by atoms with Crippen molar-refractivity contribution in [2.75, 3.05) is 13.1 Å². The van der Waals surface area contributed by atoms with Crippen LogP contribution in [-0.2, 0) is 19.1 Å². The van der Waals surface area contributed by atoms with E-state index in [1.807, 2.05) is 0 Å². The fourth-order valence-corrected chi connectivity index (χ4v) is 8.20. The highest BCUT2D eigenvalue weighted by Gasteiger charge is 2.62. The summed E-state index contributed by atoms with van der Waals surface area (Å²) in [4.78, 5) is 38.6. The lowest BCUT2D eigenvalue weighted by Crippen LogP contribution is -2.57. The third kappa shape index (κ3) is 3.68. The highest BCUT2D eigenvalue weighted by molar-refractivity contribution is 5.88. The molecule has 31 heavy (non-hydrogen) atoms. The van der Waals surface area contributed by atoms with Crippen molar-refractivity contribution in [3.63, 3.8) is 0 Å². The van der Waals surface area contributed by atoms with Gasteiger partial charge in [0, 0.05) is 30.7 Å². The third-order valence-electron chi connectivity index (χ3n) is 10.0. The molecule has 5 rings (SSSR count). The van der Waals surface area contributed by atoms with E-state index in [0.717, 1.165) is 51.5 Å². The van der Waals surface area contributed by atoms with Crippen LogP contribution in [0.25, 0.3) is 0 Å². The molecule has 4 saturated carbocycles. The summed E-state index contributed by atoms with van der Waals surface area (Å²) in [5, 5.41) is 3.29. The molecule has 0 bridgehead atoms. The fraction of sp³-hybridized carbons (Fsp3) is 0.880. The van der Waals surface area contributed by atoms with Gasteiger partial charge in [-0.15, -0.1) is 12.4 Å². The summed E-state index contributed by atoms with van der Waals surface area (Å²) in [6.07, 6.45) is 8.71. The van der Waals surface area contributed by atoms with Gasteiger partial charge in [0.1, 0.15) is 17.7 Å². The first kappa shape index (κ1) is 23.2. The van der Waals surface area contributed by atoms with Crippen molar-refractivity contribution in [2.24, 2.45) is 40.4 Å². The molecule has 0 spiro atoms. The van der Waals surface area contributed by atoms with Crippen LogP contribution in [0.1, 0.15) is 78.1 Å². The SMILES string of the molecule is C[C@]12CCC(OC(=O)[C@@H]3CCCNC3)CC1C(=O)C[C@@H]1[C@H]2CC[C@]2(C)C(=O)CC[C@@H]12.Cl. The van der Waals surface area contributed by atoms with Gasteiger partial charge in [-0.2, -0.15) is 0 Å². The fourth-order valence-electron chi connectivity index (χ4n) is 8.20. The quantitative estimate of drug-likeness (QED) is 0.639. The predicted octanol–water partition coefficient (Wildman–Crippen LogP) is 4.11. The standard InChI is InChI=1S/C25H37NO4.ClH/c1-24-9-7-16(30-23(29)15-4-3-11-26-14-15)12-20(24)21(27)13-17-18-5-6-22(28)25(18,2)10-8-19(17)24;/h15-20,26H,3-14H2,1-2H3;1H/t15-,16?,17+,18+,19-,20?,24-,25+;/m1./s1. The summed E-state index contributed by atoms with van der Waals surface area (Å²) < 4.78 is 5.93. The van der Waals surface area contributed by atoms with Gasteiger partial charge in [0.2, 0.25) is 0 Å². The van der Waals surface area contributed by atoms with Gasteiger partial charge in [-0.3, -0.25) is 14.4 Å². The lowest BCUT2D eigenvalue weighted by atomic mass is 9.45. The highest BCUT2D eigenvalue weighted by atomic mass is 35.5. The number of Topliss-reactive ketones (excluding diaryl/α,β-unsaturated/α-hetero) is 2. The van der Waals surface area contributed by atoms with Crippen molar-refractivity contribution in [1.29, 1.82) is 0 Å². The Balaban J connectivity index is 0.00000231. The number of fused-ring (bicyclic) bond motifs is 5. The van der Waals surface area contributed by atoms with Gasteiger partial charge >= 0.3 is 5.97 Å². The third-order valence-corrected chi connectivity index (χ3v) is 10.0. The van der Waals surface area contributed by atoms with Gasteiger partial charge in [0.05, 0.1) is 5.92 Å². The molecule has 5 fully saturated rings. The van der Waals surface area contributed by atoms with E-state index in [1.165, 1.54) is 0 Å². The van der Waals surface area contributed by atoms with E-state index in [1.54, 1.807) is 0 Å². The van der Waals surface area contributed by atoms with Crippen molar-refractivity contribution in [1.82, 2.24) is 5.32 Å². The molecule has 6 heteroatoms. The molecule has 2 unspecified atom stereocenters. The lowest BCUT2D eigenvalue weighted by molar-refractivity contribution is -0.172. The number of nitrogens with one attached hydrogen (secondary N) is 1. The average Bonchev–Trinajstić information content (AvgIpc) is 3.04. The van der Waals surface area contributed by atoms with E-state index < -0.39 is 0 Å². The number of carbonyl (C=O) groups excluding carboxylic acids is 3. The van der Waals surface area contributed by atoms with Crippen LogP contribution in [0.5, 0.6) is 0 Å². The number of ketones is 2. The van der Waals surface area contributed by atoms with Crippen LogP contribution in [0.4, 0.5) is 0 Å². The van der Waals surface area contributed by atoms with Crippen molar-refractivity contribution < 1.29 is 19.1 Å². The minimum atomic E-state index is -0.189. The molecule has 5 nitrogen and oxygen atoms in total. The molecule has 1 heterocycles. The molecule has 0 radical (unpaired) electrons. The Hall–Kier alpha value is -0.940. The molecule has 0 aromatic heterocycles. The lowest BCUT2D eigenvalue weighted by Gasteiger charge is -2.59. The maximum Gasteiger partial charge on any atom is 0.310 e. The number of hydrogen-bond donors (Lipinski definition) is 1. The number of piperidine rings is 1. The van der Waals surface area contributed by atoms with Crippen LogP contribution in [-0.4, -0.2) is 36.7 Å². The summed E-state index contributed by atoms with van der Waals surface area (Å²) >= 11 is 0. The zero-order chi connectivity index (χ0) is 21.1. The van der Waals surface area contributed by atoms with Gasteiger partial charge in [-0.1, -0.05) is 13.8 Å². The Labute approximate surface area is 192 Å². The molecule has 1 N–H and O–H groups in total. The monoisotopic (exact) mass is 451 g/mol. The molecular weight excluding hydrogens is 414 g/mol. The summed E-state index contributed by atoms with van der Waals surface area (Å²) in [5.74, 6) is 1.99. The molecule has 1 saturated heterocycles. The largest absolute Gasteiger partial charge is 0.462 e. The number of esters is 1. The van der Waals surface area contributed by atoms with Crippen LogP contribution < -0.4 is 5.32 Å². The first-order valence-corrected chi connectivity index (χ1v) is 12.3. The number of halogens is 1. The van der Waals surface area contributed by atoms with Gasteiger partial charge in [-0.05, 0) is 81.1 Å². The van der Waals surface area contributed by atoms with Gasteiger partial charge in [0.15, 0.2) is 0 Å². The summed E-state index contributed by atoms with van der Waals surface area (Å²) in [5.41, 5.74) is -0.187. The maximum absolute atomic E-state index is 13.4. The first-order chi connectivity index (χ1) is 14.3. The molecule has 0 aromatic rings. The summed E-state index contributed by atoms with van der Waals surface area (Å²) in [6.45, 7) is 6.19. The minimum absolute atomic E-state index is 0. The van der Waals surface area contributed by atoms with Crippen LogP contribution in [0.3, 0.4) is 0 Å². The molecule has 0 aromatic carbocycles. The smallest absolute Gasteiger partial charge is 0.310 e. The second-order valence-electron chi connectivity index (χ2n) is 11.4. The van der Waals surface area contributed by atoms with E-state index in [4.69, 9.17) is 4.74 Å². The average molecular weight is 452 g/mol. The Morgan fingerprint density at radius 2 is 1.87 bits per heavy atom. The number of rotatable bonds is 2. The number of hydrogen-bond acceptors (Lipinski definition) is 5. The Morgan fingerprint density at radius 1 is 1.06 bits per heavy atom. The highest BCUT2D eigenvalue weighted by Crippen LogP contribution is 2.64. The molecule has 174 valence electrons. The predicted molar refractivity (Wildman–Crippen MR) is 120 cm³/mol. The van der Waals surface area contributed by atoms with Crippen LogP contribution in [0, 0.1) is 40.4 Å². The van der Waals surface area contributed by atoms with Crippen LogP contribution in [0.2, 0.25) is 0 Å². The van der Waals surface area contributed by atoms with Gasteiger partial charge < -0.3 is 10.1 Å². The number of carbonyl (C=O) groups is 3. The van der Waals surface area contributed by atoms with E-state index in [-0.39, 0.29) is 47.1 Å². The Bertz CT molecular complexity index is 750. The van der Waals surface area contributed by atoms with E-state index >= 15 is 0 Å². The van der Waals surface area contributed by atoms with Crippen molar-refractivity contribution in [3.8, 4) is 0 Å². The molecular formula is C25H38ClNO4. The second kappa shape index (κ2) is 8.44. The second-order valence-corrected chi connectivity index (χ2v) is 11.4. The van der Waals surface area contributed by atoms with Crippen molar-refractivity contribution in [2.45, 2.75) is 84.2 Å². The number of ether oxygens (including phenoxy) is 1. The van der Waals surface area contributed by atoms with Gasteiger partial charge in [0.25, 0.3) is 0 Å². The molecule has 8 atom stereocenters. The first-order valence-electron chi connectivity index (χ1n) is 12.3. The maximum atomic E-state index is 13.4. The Kier molecular flexibility index (Phi) is 6.33. The normalized spacial score (nSPS) is 46.9. The van der Waals surface area contributed by atoms with Crippen LogP contribution >= 0.6 is 12.4 Å². The molecule has 1 aliphatic heterocycles. The molecule has 4 aliphatic carbocycles. The zero-order valence-electron chi connectivity index (χ0n) is 19.0. The topological polar surface area (TPSA) is 72.5 Å². The van der Waals surface area contributed by atoms with Crippen molar-refractivity contribution >= 4 is 29.9 Å². The van der Waals surface area contributed by atoms with Crippen LogP contribution in [0.15, 0.2) is 0 Å². The van der Waals surface area contributed by atoms with E-state index in [9.17, 15) is 14.4 Å². The molecule has 0 amide bonds. The molecule has 5 aliphatic rings.